The minimum atomic E-state index is 0.349. The van der Waals surface area contributed by atoms with Gasteiger partial charge in [0.2, 0.25) is 0 Å². The molecular weight excluding hydrogens is 230 g/mol. The highest BCUT2D eigenvalue weighted by Crippen LogP contribution is 2.27. The zero-order valence-electron chi connectivity index (χ0n) is 11.5. The summed E-state index contributed by atoms with van der Waals surface area (Å²) in [5.41, 5.74) is 1.36. The van der Waals surface area contributed by atoms with Gasteiger partial charge < -0.3 is 5.32 Å². The molecule has 0 spiro atoms. The maximum absolute atomic E-state index is 5.42. The van der Waals surface area contributed by atoms with E-state index in [9.17, 15) is 0 Å². The summed E-state index contributed by atoms with van der Waals surface area (Å²) in [4.78, 5) is 0. The first-order valence-corrected chi connectivity index (χ1v) is 7.01. The predicted octanol–water partition coefficient (Wildman–Crippen LogP) is 4.29. The Morgan fingerprint density at radius 2 is 1.95 bits per heavy atom. The van der Waals surface area contributed by atoms with Crippen LogP contribution in [0, 0.1) is 12.3 Å². The average molecular weight is 251 g/mol. The lowest BCUT2D eigenvalue weighted by Gasteiger charge is -2.20. The summed E-state index contributed by atoms with van der Waals surface area (Å²) in [6, 6.07) is 15.4. The minimum absolute atomic E-state index is 0.349. The highest BCUT2D eigenvalue weighted by atomic mass is 14.9. The predicted molar refractivity (Wildman–Crippen MR) is 83.0 cm³/mol. The van der Waals surface area contributed by atoms with Gasteiger partial charge in [-0.15, -0.1) is 12.3 Å². The summed E-state index contributed by atoms with van der Waals surface area (Å²) < 4.78 is 0. The Hall–Kier alpha value is -1.78. The first kappa shape index (κ1) is 13.6. The summed E-state index contributed by atoms with van der Waals surface area (Å²) in [6.45, 7) is 3.22. The average Bonchev–Trinajstić information content (AvgIpc) is 2.47. The fourth-order valence-corrected chi connectivity index (χ4v) is 2.47. The van der Waals surface area contributed by atoms with Crippen molar-refractivity contribution < 1.29 is 0 Å². The van der Waals surface area contributed by atoms with Gasteiger partial charge in [-0.3, -0.25) is 0 Å². The van der Waals surface area contributed by atoms with Crippen molar-refractivity contribution in [1.29, 1.82) is 0 Å². The van der Waals surface area contributed by atoms with Crippen LogP contribution in [0.25, 0.3) is 10.8 Å². The summed E-state index contributed by atoms with van der Waals surface area (Å²) >= 11 is 0. The van der Waals surface area contributed by atoms with Gasteiger partial charge in [0.1, 0.15) is 0 Å². The quantitative estimate of drug-likeness (QED) is 0.755. The van der Waals surface area contributed by atoms with E-state index in [1.54, 1.807) is 0 Å². The van der Waals surface area contributed by atoms with E-state index in [2.05, 4.69) is 60.6 Å². The smallest absolute Gasteiger partial charge is 0.0335 e. The van der Waals surface area contributed by atoms with Gasteiger partial charge in [0.25, 0.3) is 0 Å². The molecule has 0 aliphatic carbocycles. The van der Waals surface area contributed by atoms with Gasteiger partial charge in [-0.2, -0.15) is 0 Å². The maximum Gasteiger partial charge on any atom is 0.0335 e. The molecule has 0 radical (unpaired) electrons. The number of nitrogens with one attached hydrogen (secondary N) is 1. The summed E-state index contributed by atoms with van der Waals surface area (Å²) in [5.74, 6) is 2.75. The third-order valence-electron chi connectivity index (χ3n) is 3.42. The van der Waals surface area contributed by atoms with Crippen LogP contribution in [0.15, 0.2) is 42.5 Å². The molecule has 0 aromatic heterocycles. The number of terminal acetylenes is 1. The lowest BCUT2D eigenvalue weighted by molar-refractivity contribution is 0.508. The number of hydrogen-bond donors (Lipinski definition) is 1. The van der Waals surface area contributed by atoms with Gasteiger partial charge >= 0.3 is 0 Å². The Kier molecular flexibility index (Phi) is 5.01. The largest absolute Gasteiger partial charge is 0.310 e. The van der Waals surface area contributed by atoms with E-state index in [-0.39, 0.29) is 0 Å². The molecule has 0 aliphatic rings. The van der Waals surface area contributed by atoms with E-state index >= 15 is 0 Å². The lowest BCUT2D eigenvalue weighted by Crippen LogP contribution is -2.22. The molecule has 19 heavy (non-hydrogen) atoms. The molecular formula is C18H21N. The van der Waals surface area contributed by atoms with Crippen molar-refractivity contribution in [1.82, 2.24) is 5.32 Å². The molecule has 0 amide bonds. The van der Waals surface area contributed by atoms with E-state index in [1.165, 1.54) is 16.3 Å². The molecule has 1 heteroatoms. The van der Waals surface area contributed by atoms with Crippen molar-refractivity contribution >= 4 is 10.8 Å². The Balaban J connectivity index is 2.34. The molecule has 2 aromatic carbocycles. The van der Waals surface area contributed by atoms with Crippen LogP contribution >= 0.6 is 0 Å². The highest BCUT2D eigenvalue weighted by molar-refractivity contribution is 5.86. The molecule has 1 atom stereocenters. The molecule has 98 valence electrons. The Morgan fingerprint density at radius 3 is 2.74 bits per heavy atom. The standard InChI is InChI=1S/C18H21N/c1-3-5-13-18(19-14-4-2)17-12-8-10-15-9-6-7-11-16(15)17/h1,6-12,18-19H,4-5,13-14H2,2H3. The molecule has 0 aliphatic heterocycles. The van der Waals surface area contributed by atoms with Crippen molar-refractivity contribution in [2.24, 2.45) is 0 Å². The van der Waals surface area contributed by atoms with Crippen LogP contribution in [0.1, 0.15) is 37.8 Å². The van der Waals surface area contributed by atoms with Crippen LogP contribution < -0.4 is 5.32 Å². The zero-order chi connectivity index (χ0) is 13.5. The van der Waals surface area contributed by atoms with Gasteiger partial charge in [-0.1, -0.05) is 49.4 Å². The van der Waals surface area contributed by atoms with Crippen LogP contribution in [0.3, 0.4) is 0 Å². The topological polar surface area (TPSA) is 12.0 Å². The fraction of sp³-hybridized carbons (Fsp3) is 0.333. The number of benzene rings is 2. The molecule has 2 aromatic rings. The number of fused-ring (bicyclic) bond motifs is 1. The van der Waals surface area contributed by atoms with Gasteiger partial charge in [-0.25, -0.2) is 0 Å². The summed E-state index contributed by atoms with van der Waals surface area (Å²) in [7, 11) is 0. The second kappa shape index (κ2) is 6.97. The van der Waals surface area contributed by atoms with Crippen LogP contribution in [-0.4, -0.2) is 6.54 Å². The molecule has 1 unspecified atom stereocenters. The van der Waals surface area contributed by atoms with Crippen LogP contribution in [0.5, 0.6) is 0 Å². The Morgan fingerprint density at radius 1 is 1.16 bits per heavy atom. The van der Waals surface area contributed by atoms with Gasteiger partial charge in [-0.05, 0) is 35.7 Å². The monoisotopic (exact) mass is 251 g/mol. The van der Waals surface area contributed by atoms with Crippen LogP contribution in [-0.2, 0) is 0 Å². The van der Waals surface area contributed by atoms with E-state index in [0.29, 0.717) is 6.04 Å². The SMILES string of the molecule is C#CCCC(NCCC)c1cccc2ccccc12. The third-order valence-corrected chi connectivity index (χ3v) is 3.42. The van der Waals surface area contributed by atoms with Crippen molar-refractivity contribution in [3.8, 4) is 12.3 Å². The molecule has 1 N–H and O–H groups in total. The van der Waals surface area contributed by atoms with Gasteiger partial charge in [0.15, 0.2) is 0 Å². The zero-order valence-corrected chi connectivity index (χ0v) is 11.5. The molecule has 1 nitrogen and oxygen atoms in total. The fourth-order valence-electron chi connectivity index (χ4n) is 2.47. The summed E-state index contributed by atoms with van der Waals surface area (Å²) in [6.07, 6.45) is 8.36. The maximum atomic E-state index is 5.42. The molecule has 0 saturated heterocycles. The van der Waals surface area contributed by atoms with Gasteiger partial charge in [0, 0.05) is 12.5 Å². The second-order valence-electron chi connectivity index (χ2n) is 4.82. The van der Waals surface area contributed by atoms with E-state index in [1.807, 2.05) is 0 Å². The van der Waals surface area contributed by atoms with Gasteiger partial charge in [0.05, 0.1) is 0 Å². The molecule has 0 saturated carbocycles. The molecule has 0 heterocycles. The summed E-state index contributed by atoms with van der Waals surface area (Å²) in [5, 5.41) is 6.24. The van der Waals surface area contributed by atoms with Crippen LogP contribution in [0.2, 0.25) is 0 Å². The number of rotatable bonds is 6. The third kappa shape index (κ3) is 3.36. The molecule has 0 fully saturated rings. The normalized spacial score (nSPS) is 12.2. The Bertz CT molecular complexity index is 560. The first-order chi connectivity index (χ1) is 9.36. The van der Waals surface area contributed by atoms with E-state index in [0.717, 1.165) is 25.8 Å². The van der Waals surface area contributed by atoms with Crippen LogP contribution in [0.4, 0.5) is 0 Å². The first-order valence-electron chi connectivity index (χ1n) is 7.01. The van der Waals surface area contributed by atoms with Crippen molar-refractivity contribution in [3.05, 3.63) is 48.0 Å². The molecule has 2 rings (SSSR count). The number of hydrogen-bond acceptors (Lipinski definition) is 1. The van der Waals surface area contributed by atoms with Crippen molar-refractivity contribution in [2.45, 2.75) is 32.2 Å². The Labute approximate surface area is 116 Å². The van der Waals surface area contributed by atoms with E-state index in [4.69, 9.17) is 6.42 Å². The van der Waals surface area contributed by atoms with Crippen molar-refractivity contribution in [3.63, 3.8) is 0 Å². The second-order valence-corrected chi connectivity index (χ2v) is 4.82. The minimum Gasteiger partial charge on any atom is -0.310 e. The molecule has 0 bridgehead atoms. The van der Waals surface area contributed by atoms with E-state index < -0.39 is 0 Å². The highest BCUT2D eigenvalue weighted by Gasteiger charge is 2.12. The lowest BCUT2D eigenvalue weighted by atomic mass is 9.96. The van der Waals surface area contributed by atoms with Crippen molar-refractivity contribution in [2.75, 3.05) is 6.54 Å².